The van der Waals surface area contributed by atoms with Crippen LogP contribution in [0.1, 0.15) is 31.6 Å². The monoisotopic (exact) mass is 567 g/mol. The largest absolute Gasteiger partial charge is 0.481 e. The predicted octanol–water partition coefficient (Wildman–Crippen LogP) is 4.37. The third kappa shape index (κ3) is 5.07. The third-order valence-electron chi connectivity index (χ3n) is 6.96. The van der Waals surface area contributed by atoms with Crippen molar-refractivity contribution in [2.45, 2.75) is 38.8 Å². The van der Waals surface area contributed by atoms with Gasteiger partial charge in [0.1, 0.15) is 28.1 Å². The van der Waals surface area contributed by atoms with Gasteiger partial charge in [-0.05, 0) is 68.8 Å². The number of aromatic nitrogens is 3. The Hall–Kier alpha value is -4.90. The van der Waals surface area contributed by atoms with Crippen molar-refractivity contribution < 1.29 is 19.1 Å². The molecule has 3 amide bonds. The van der Waals surface area contributed by atoms with Crippen LogP contribution in [0.4, 0.5) is 5.69 Å². The van der Waals surface area contributed by atoms with Crippen molar-refractivity contribution >= 4 is 55.9 Å². The Morgan fingerprint density at radius 1 is 1.05 bits per heavy atom. The summed E-state index contributed by atoms with van der Waals surface area (Å²) in [5.41, 5.74) is 2.14. The molecular weight excluding hydrogens is 542 g/mol. The summed E-state index contributed by atoms with van der Waals surface area (Å²) in [6.45, 7) is 3.25. The first-order valence-corrected chi connectivity index (χ1v) is 13.9. The molecule has 6 rings (SSSR count). The van der Waals surface area contributed by atoms with Crippen LogP contribution >= 0.6 is 11.3 Å². The molecule has 2 N–H and O–H groups in total. The molecule has 206 valence electrons. The zero-order valence-corrected chi connectivity index (χ0v) is 23.0. The Kier molecular flexibility index (Phi) is 6.80. The third-order valence-corrected chi connectivity index (χ3v) is 8.05. The number of fused-ring (bicyclic) bond motifs is 2. The van der Waals surface area contributed by atoms with Crippen molar-refractivity contribution in [3.63, 3.8) is 0 Å². The molecule has 0 radical (unpaired) electrons. The van der Waals surface area contributed by atoms with Crippen LogP contribution in [0.15, 0.2) is 71.5 Å². The molecule has 2 unspecified atom stereocenters. The highest BCUT2D eigenvalue weighted by atomic mass is 32.1. The predicted molar refractivity (Wildman–Crippen MR) is 156 cm³/mol. The van der Waals surface area contributed by atoms with Gasteiger partial charge in [0.05, 0.1) is 21.3 Å². The van der Waals surface area contributed by atoms with Gasteiger partial charge in [-0.1, -0.05) is 18.2 Å². The number of benzene rings is 3. The van der Waals surface area contributed by atoms with E-state index in [-0.39, 0.29) is 24.1 Å². The van der Waals surface area contributed by atoms with Gasteiger partial charge in [0, 0.05) is 12.0 Å². The minimum atomic E-state index is -0.844. The number of rotatable bonds is 6. The Morgan fingerprint density at radius 2 is 1.83 bits per heavy atom. The number of piperidine rings is 1. The molecule has 41 heavy (non-hydrogen) atoms. The van der Waals surface area contributed by atoms with Crippen LogP contribution in [0.5, 0.6) is 5.75 Å². The first-order chi connectivity index (χ1) is 19.8. The summed E-state index contributed by atoms with van der Waals surface area (Å²) < 4.78 is 8.31. The van der Waals surface area contributed by atoms with E-state index in [0.29, 0.717) is 22.8 Å². The Morgan fingerprint density at radius 3 is 2.59 bits per heavy atom. The van der Waals surface area contributed by atoms with Crippen molar-refractivity contribution in [3.8, 4) is 16.3 Å². The van der Waals surface area contributed by atoms with Gasteiger partial charge in [-0.15, -0.1) is 11.3 Å². The van der Waals surface area contributed by atoms with E-state index in [1.807, 2.05) is 36.4 Å². The zero-order valence-electron chi connectivity index (χ0n) is 22.2. The highest BCUT2D eigenvalue weighted by Crippen LogP contribution is 2.31. The first-order valence-electron chi connectivity index (χ1n) is 13.1. The van der Waals surface area contributed by atoms with Crippen molar-refractivity contribution in [3.05, 3.63) is 82.9 Å². The minimum absolute atomic E-state index is 0.138. The second-order valence-corrected chi connectivity index (χ2v) is 10.8. The summed E-state index contributed by atoms with van der Waals surface area (Å²) >= 11 is 1.61. The van der Waals surface area contributed by atoms with Crippen LogP contribution in [-0.4, -0.2) is 38.4 Å². The molecule has 1 saturated heterocycles. The molecule has 0 aliphatic carbocycles. The second kappa shape index (κ2) is 10.6. The Labute approximate surface area is 238 Å². The van der Waals surface area contributed by atoms with Gasteiger partial charge >= 0.3 is 0 Å². The number of para-hydroxylation sites is 2. The lowest BCUT2D eigenvalue weighted by molar-refractivity contribution is -0.135. The molecule has 1 aliphatic rings. The fourth-order valence-electron chi connectivity index (χ4n) is 4.89. The van der Waals surface area contributed by atoms with Crippen LogP contribution in [0.25, 0.3) is 31.7 Å². The van der Waals surface area contributed by atoms with Crippen LogP contribution in [0, 0.1) is 6.92 Å². The molecular formula is C30H25N5O5S. The van der Waals surface area contributed by atoms with Crippen LogP contribution in [0.3, 0.4) is 0 Å². The van der Waals surface area contributed by atoms with Gasteiger partial charge in [0.2, 0.25) is 11.8 Å². The first kappa shape index (κ1) is 26.3. The SMILES string of the molecule is Cc1nc2c(NC(=O)C(C)Oc3ccc(-c4nc5ccccc5s4)cc3)cccc2c(=O)n1C1CCC(=O)NC1=O. The summed E-state index contributed by atoms with van der Waals surface area (Å²) in [5.74, 6) is -0.485. The van der Waals surface area contributed by atoms with Gasteiger partial charge in [0.15, 0.2) is 6.10 Å². The van der Waals surface area contributed by atoms with E-state index >= 15 is 0 Å². The lowest BCUT2D eigenvalue weighted by atomic mass is 10.1. The maximum absolute atomic E-state index is 13.4. The molecule has 10 nitrogen and oxygen atoms in total. The van der Waals surface area contributed by atoms with Gasteiger partial charge < -0.3 is 10.1 Å². The van der Waals surface area contributed by atoms with E-state index < -0.39 is 29.5 Å². The molecule has 3 heterocycles. The lowest BCUT2D eigenvalue weighted by Crippen LogP contribution is -2.45. The molecule has 0 saturated carbocycles. The van der Waals surface area contributed by atoms with E-state index in [1.165, 1.54) is 4.57 Å². The number of hydrogen-bond donors (Lipinski definition) is 2. The second-order valence-electron chi connectivity index (χ2n) is 9.76. The van der Waals surface area contributed by atoms with Gasteiger partial charge in [-0.25, -0.2) is 9.97 Å². The lowest BCUT2D eigenvalue weighted by Gasteiger charge is -2.24. The average molecular weight is 568 g/mol. The number of ether oxygens (including phenoxy) is 1. The molecule has 5 aromatic rings. The number of carbonyl (C=O) groups is 3. The van der Waals surface area contributed by atoms with Crippen molar-refractivity contribution in [2.75, 3.05) is 5.32 Å². The maximum Gasteiger partial charge on any atom is 0.265 e. The summed E-state index contributed by atoms with van der Waals surface area (Å²) in [5, 5.41) is 6.25. The van der Waals surface area contributed by atoms with Gasteiger partial charge in [0.25, 0.3) is 11.5 Å². The molecule has 2 aromatic heterocycles. The minimum Gasteiger partial charge on any atom is -0.481 e. The quantitative estimate of drug-likeness (QED) is 0.291. The van der Waals surface area contributed by atoms with E-state index in [2.05, 4.69) is 20.6 Å². The number of amides is 3. The maximum atomic E-state index is 13.4. The number of aryl methyl sites for hydroxylation is 1. The van der Waals surface area contributed by atoms with Crippen LogP contribution < -0.4 is 20.9 Å². The van der Waals surface area contributed by atoms with E-state index in [4.69, 9.17) is 4.74 Å². The van der Waals surface area contributed by atoms with Crippen molar-refractivity contribution in [1.29, 1.82) is 0 Å². The summed E-state index contributed by atoms with van der Waals surface area (Å²) in [4.78, 5) is 59.7. The number of thiazole rings is 1. The smallest absolute Gasteiger partial charge is 0.265 e. The molecule has 1 aliphatic heterocycles. The van der Waals surface area contributed by atoms with E-state index in [0.717, 1.165) is 20.8 Å². The Bertz CT molecular complexity index is 1860. The summed E-state index contributed by atoms with van der Waals surface area (Å²) in [7, 11) is 0. The van der Waals surface area contributed by atoms with Crippen molar-refractivity contribution in [1.82, 2.24) is 19.9 Å². The normalized spacial score (nSPS) is 16.0. The van der Waals surface area contributed by atoms with Gasteiger partial charge in [-0.2, -0.15) is 0 Å². The molecule has 2 atom stereocenters. The molecule has 0 spiro atoms. The number of nitrogens with zero attached hydrogens (tertiary/aromatic N) is 3. The molecule has 1 fully saturated rings. The number of hydrogen-bond acceptors (Lipinski definition) is 8. The number of nitrogens with one attached hydrogen (secondary N) is 2. The average Bonchev–Trinajstić information content (AvgIpc) is 3.39. The van der Waals surface area contributed by atoms with Crippen LogP contribution in [0.2, 0.25) is 0 Å². The van der Waals surface area contributed by atoms with Crippen molar-refractivity contribution in [2.24, 2.45) is 0 Å². The number of imide groups is 1. The number of carbonyl (C=O) groups excluding carboxylic acids is 3. The standard InChI is InChI=1S/C30H25N5O5S/c1-16(40-19-12-10-18(11-13-19)29-33-21-7-3-4-9-24(21)41-29)27(37)32-22-8-5-6-20-26(22)31-17(2)35(30(20)39)23-14-15-25(36)34-28(23)38/h3-13,16,23H,14-15H2,1-2H3,(H,32,37)(H,34,36,38). The highest BCUT2D eigenvalue weighted by molar-refractivity contribution is 7.21. The van der Waals surface area contributed by atoms with E-state index in [9.17, 15) is 19.2 Å². The Balaban J connectivity index is 1.19. The highest BCUT2D eigenvalue weighted by Gasteiger charge is 2.30. The fourth-order valence-corrected chi connectivity index (χ4v) is 5.86. The molecule has 11 heteroatoms. The zero-order chi connectivity index (χ0) is 28.7. The van der Waals surface area contributed by atoms with Gasteiger partial charge in [-0.3, -0.25) is 29.1 Å². The molecule has 3 aromatic carbocycles. The summed E-state index contributed by atoms with van der Waals surface area (Å²) in [6.07, 6.45) is -0.492. The van der Waals surface area contributed by atoms with E-state index in [1.54, 1.807) is 55.5 Å². The molecule has 0 bridgehead atoms. The topological polar surface area (TPSA) is 132 Å². The number of anilines is 1. The fraction of sp³-hybridized carbons (Fsp3) is 0.200. The summed E-state index contributed by atoms with van der Waals surface area (Å²) in [6, 6.07) is 19.4. The van der Waals surface area contributed by atoms with Crippen LogP contribution in [-0.2, 0) is 14.4 Å².